The lowest BCUT2D eigenvalue weighted by atomic mass is 9.99. The van der Waals surface area contributed by atoms with Crippen molar-refractivity contribution in [2.75, 3.05) is 0 Å². The molecule has 0 aliphatic carbocycles. The molecule has 0 saturated carbocycles. The molecule has 0 radical (unpaired) electrons. The van der Waals surface area contributed by atoms with Crippen molar-refractivity contribution >= 4 is 21.7 Å². The van der Waals surface area contributed by atoms with E-state index in [9.17, 15) is 13.6 Å². The lowest BCUT2D eigenvalue weighted by molar-refractivity contribution is 0.0992. The molecule has 2 rings (SSSR count). The van der Waals surface area contributed by atoms with Crippen molar-refractivity contribution in [3.8, 4) is 0 Å². The van der Waals surface area contributed by atoms with Crippen LogP contribution in [-0.4, -0.2) is 5.78 Å². The quantitative estimate of drug-likeness (QED) is 0.736. The van der Waals surface area contributed by atoms with Gasteiger partial charge in [0, 0.05) is 16.5 Å². The van der Waals surface area contributed by atoms with Crippen molar-refractivity contribution in [2.45, 2.75) is 20.3 Å². The van der Waals surface area contributed by atoms with Gasteiger partial charge in [-0.15, -0.1) is 0 Å². The van der Waals surface area contributed by atoms with E-state index < -0.39 is 11.6 Å². The Morgan fingerprint density at radius 3 is 2.20 bits per heavy atom. The second-order valence-corrected chi connectivity index (χ2v) is 5.57. The van der Waals surface area contributed by atoms with E-state index in [0.29, 0.717) is 11.1 Å². The highest BCUT2D eigenvalue weighted by molar-refractivity contribution is 9.10. The Kier molecular flexibility index (Phi) is 4.33. The summed E-state index contributed by atoms with van der Waals surface area (Å²) >= 11 is 3.44. The average Bonchev–Trinajstić information content (AvgIpc) is 2.39. The standard InChI is InChI=1S/C16H13BrF2O/c1-9-5-12(6-10(2)16(9)17)15(20)8-11-3-4-13(18)14(19)7-11/h3-7H,8H2,1-2H3. The minimum Gasteiger partial charge on any atom is -0.294 e. The number of aryl methyl sites for hydroxylation is 2. The van der Waals surface area contributed by atoms with E-state index in [4.69, 9.17) is 0 Å². The molecule has 1 nitrogen and oxygen atoms in total. The molecular weight excluding hydrogens is 326 g/mol. The summed E-state index contributed by atoms with van der Waals surface area (Å²) in [5.41, 5.74) is 2.98. The minimum atomic E-state index is -0.932. The molecule has 0 bridgehead atoms. The largest absolute Gasteiger partial charge is 0.294 e. The SMILES string of the molecule is Cc1cc(C(=O)Cc2ccc(F)c(F)c2)cc(C)c1Br. The Hall–Kier alpha value is -1.55. The number of Topliss-reactive ketones (excluding diaryl/α,β-unsaturated/α-hetero) is 1. The van der Waals surface area contributed by atoms with Crippen molar-refractivity contribution in [2.24, 2.45) is 0 Å². The van der Waals surface area contributed by atoms with Crippen molar-refractivity contribution in [3.63, 3.8) is 0 Å². The van der Waals surface area contributed by atoms with Crippen molar-refractivity contribution in [1.29, 1.82) is 0 Å². The van der Waals surface area contributed by atoms with Crippen LogP contribution in [-0.2, 0) is 6.42 Å². The molecular formula is C16H13BrF2O. The molecule has 0 heterocycles. The van der Waals surface area contributed by atoms with Gasteiger partial charge in [0.15, 0.2) is 17.4 Å². The van der Waals surface area contributed by atoms with Crippen molar-refractivity contribution in [3.05, 3.63) is 68.7 Å². The van der Waals surface area contributed by atoms with E-state index in [0.717, 1.165) is 27.7 Å². The fourth-order valence-electron chi connectivity index (χ4n) is 2.04. The molecule has 0 spiro atoms. The highest BCUT2D eigenvalue weighted by Gasteiger charge is 2.12. The van der Waals surface area contributed by atoms with Crippen LogP contribution in [0.4, 0.5) is 8.78 Å². The Labute approximate surface area is 124 Å². The molecule has 0 unspecified atom stereocenters. The minimum absolute atomic E-state index is 0.0533. The molecule has 0 aliphatic rings. The van der Waals surface area contributed by atoms with Gasteiger partial charge in [-0.25, -0.2) is 8.78 Å². The third kappa shape index (κ3) is 3.12. The van der Waals surface area contributed by atoms with Gasteiger partial charge in [-0.3, -0.25) is 4.79 Å². The summed E-state index contributed by atoms with van der Waals surface area (Å²) in [6.45, 7) is 3.82. The van der Waals surface area contributed by atoms with E-state index >= 15 is 0 Å². The van der Waals surface area contributed by atoms with Crippen LogP contribution in [0.1, 0.15) is 27.0 Å². The van der Waals surface area contributed by atoms with Crippen molar-refractivity contribution < 1.29 is 13.6 Å². The maximum atomic E-state index is 13.1. The molecule has 20 heavy (non-hydrogen) atoms. The van der Waals surface area contributed by atoms with Crippen LogP contribution in [0.2, 0.25) is 0 Å². The van der Waals surface area contributed by atoms with Gasteiger partial charge in [0.2, 0.25) is 0 Å². The van der Waals surface area contributed by atoms with E-state index in [-0.39, 0.29) is 12.2 Å². The number of halogens is 3. The molecule has 0 N–H and O–H groups in total. The van der Waals surface area contributed by atoms with Gasteiger partial charge in [0.1, 0.15) is 0 Å². The Bertz CT molecular complexity index is 657. The lowest BCUT2D eigenvalue weighted by Crippen LogP contribution is -2.05. The van der Waals surface area contributed by atoms with E-state index in [2.05, 4.69) is 15.9 Å². The predicted octanol–water partition coefficient (Wildman–Crippen LogP) is 4.77. The van der Waals surface area contributed by atoms with Crippen LogP contribution in [0.25, 0.3) is 0 Å². The van der Waals surface area contributed by atoms with Gasteiger partial charge in [0.05, 0.1) is 0 Å². The fraction of sp³-hybridized carbons (Fsp3) is 0.188. The zero-order chi connectivity index (χ0) is 14.9. The third-order valence-corrected chi connectivity index (χ3v) is 4.36. The first-order valence-corrected chi connectivity index (χ1v) is 6.91. The highest BCUT2D eigenvalue weighted by Crippen LogP contribution is 2.23. The second kappa shape index (κ2) is 5.83. The Morgan fingerprint density at radius 1 is 1.05 bits per heavy atom. The molecule has 0 fully saturated rings. The topological polar surface area (TPSA) is 17.1 Å². The van der Waals surface area contributed by atoms with Gasteiger partial charge >= 0.3 is 0 Å². The Balaban J connectivity index is 2.26. The average molecular weight is 339 g/mol. The van der Waals surface area contributed by atoms with Gasteiger partial charge in [-0.1, -0.05) is 22.0 Å². The molecule has 4 heteroatoms. The molecule has 2 aromatic rings. The monoisotopic (exact) mass is 338 g/mol. The zero-order valence-corrected chi connectivity index (χ0v) is 12.7. The fourth-order valence-corrected chi connectivity index (χ4v) is 2.27. The smallest absolute Gasteiger partial charge is 0.167 e. The summed E-state index contributed by atoms with van der Waals surface area (Å²) in [5.74, 6) is -1.95. The summed E-state index contributed by atoms with van der Waals surface area (Å²) in [6, 6.07) is 7.11. The summed E-state index contributed by atoms with van der Waals surface area (Å²) in [6.07, 6.45) is 0.0533. The molecule has 0 saturated heterocycles. The lowest BCUT2D eigenvalue weighted by Gasteiger charge is -2.07. The van der Waals surface area contributed by atoms with Crippen LogP contribution in [0.15, 0.2) is 34.8 Å². The zero-order valence-electron chi connectivity index (χ0n) is 11.1. The van der Waals surface area contributed by atoms with Crippen LogP contribution in [0.3, 0.4) is 0 Å². The first kappa shape index (κ1) is 14.9. The normalized spacial score (nSPS) is 10.7. The van der Waals surface area contributed by atoms with Gasteiger partial charge in [-0.2, -0.15) is 0 Å². The number of benzene rings is 2. The molecule has 104 valence electrons. The van der Waals surface area contributed by atoms with E-state index in [1.165, 1.54) is 6.07 Å². The highest BCUT2D eigenvalue weighted by atomic mass is 79.9. The second-order valence-electron chi connectivity index (χ2n) is 4.77. The number of hydrogen-bond donors (Lipinski definition) is 0. The first-order valence-electron chi connectivity index (χ1n) is 6.12. The molecule has 0 aliphatic heterocycles. The van der Waals surface area contributed by atoms with Crippen LogP contribution < -0.4 is 0 Å². The summed E-state index contributed by atoms with van der Waals surface area (Å²) in [5, 5.41) is 0. The molecule has 0 atom stereocenters. The number of ketones is 1. The number of rotatable bonds is 3. The number of hydrogen-bond acceptors (Lipinski definition) is 1. The predicted molar refractivity (Wildman–Crippen MR) is 78.0 cm³/mol. The molecule has 0 aromatic heterocycles. The summed E-state index contributed by atoms with van der Waals surface area (Å²) < 4.78 is 26.9. The Morgan fingerprint density at radius 2 is 1.65 bits per heavy atom. The number of carbonyl (C=O) groups is 1. The third-order valence-electron chi connectivity index (χ3n) is 3.11. The van der Waals surface area contributed by atoms with Gasteiger partial charge in [-0.05, 0) is 54.8 Å². The first-order chi connectivity index (χ1) is 9.38. The number of carbonyl (C=O) groups excluding carboxylic acids is 1. The summed E-state index contributed by atoms with van der Waals surface area (Å²) in [7, 11) is 0. The van der Waals surface area contributed by atoms with Crippen molar-refractivity contribution in [1.82, 2.24) is 0 Å². The van der Waals surface area contributed by atoms with Crippen LogP contribution in [0.5, 0.6) is 0 Å². The maximum absolute atomic E-state index is 13.1. The van der Waals surface area contributed by atoms with Crippen LogP contribution in [0, 0.1) is 25.5 Å². The van der Waals surface area contributed by atoms with Gasteiger partial charge < -0.3 is 0 Å². The van der Waals surface area contributed by atoms with Crippen LogP contribution >= 0.6 is 15.9 Å². The van der Waals surface area contributed by atoms with Gasteiger partial charge in [0.25, 0.3) is 0 Å². The van der Waals surface area contributed by atoms with E-state index in [1.807, 2.05) is 13.8 Å². The maximum Gasteiger partial charge on any atom is 0.167 e. The molecule has 2 aromatic carbocycles. The van der Waals surface area contributed by atoms with E-state index in [1.54, 1.807) is 12.1 Å². The molecule has 0 amide bonds. The summed E-state index contributed by atoms with van der Waals surface area (Å²) in [4.78, 5) is 12.2.